The van der Waals surface area contributed by atoms with Crippen LogP contribution in [-0.2, 0) is 10.0 Å². The van der Waals surface area contributed by atoms with Gasteiger partial charge >= 0.3 is 0 Å². The first-order valence-corrected chi connectivity index (χ1v) is 8.61. The van der Waals surface area contributed by atoms with Gasteiger partial charge in [-0.15, -0.1) is 0 Å². The lowest BCUT2D eigenvalue weighted by atomic mass is 10.2. The van der Waals surface area contributed by atoms with E-state index in [1.54, 1.807) is 6.07 Å². The number of halogens is 1. The summed E-state index contributed by atoms with van der Waals surface area (Å²) >= 11 is 2.29. The van der Waals surface area contributed by atoms with Crippen molar-refractivity contribution < 1.29 is 8.42 Å². The molecule has 0 aliphatic rings. The number of benzene rings is 1. The molecular formula is C12H18INO2S. The summed E-state index contributed by atoms with van der Waals surface area (Å²) in [5.74, 6) is 0. The molecule has 0 fully saturated rings. The summed E-state index contributed by atoms with van der Waals surface area (Å²) in [5.41, 5.74) is 1.75. The van der Waals surface area contributed by atoms with Gasteiger partial charge in [0.1, 0.15) is 0 Å². The number of alkyl halides is 1. The third-order valence-electron chi connectivity index (χ3n) is 2.49. The van der Waals surface area contributed by atoms with Crippen molar-refractivity contribution >= 4 is 32.6 Å². The first-order valence-electron chi connectivity index (χ1n) is 5.60. The zero-order valence-electron chi connectivity index (χ0n) is 10.2. The van der Waals surface area contributed by atoms with Gasteiger partial charge in [-0.3, -0.25) is 0 Å². The Hall–Kier alpha value is -0.140. The molecule has 1 N–H and O–H groups in total. The van der Waals surface area contributed by atoms with Gasteiger partial charge < -0.3 is 0 Å². The maximum absolute atomic E-state index is 12.1. The normalized spacial score (nSPS) is 11.7. The predicted molar refractivity (Wildman–Crippen MR) is 79.2 cm³/mol. The third kappa shape index (κ3) is 4.56. The van der Waals surface area contributed by atoms with Crippen molar-refractivity contribution in [2.75, 3.05) is 11.0 Å². The minimum Gasteiger partial charge on any atom is -0.211 e. The van der Waals surface area contributed by atoms with Crippen LogP contribution >= 0.6 is 22.6 Å². The van der Waals surface area contributed by atoms with E-state index in [1.165, 1.54) is 0 Å². The molecule has 1 aromatic carbocycles. The van der Waals surface area contributed by atoms with Crippen LogP contribution in [0.15, 0.2) is 23.1 Å². The molecule has 1 rings (SSSR count). The number of nitrogens with one attached hydrogen (secondary N) is 1. The van der Waals surface area contributed by atoms with E-state index in [0.717, 1.165) is 28.4 Å². The first kappa shape index (κ1) is 14.9. The fourth-order valence-corrected chi connectivity index (χ4v) is 3.44. The Labute approximate surface area is 117 Å². The van der Waals surface area contributed by atoms with Gasteiger partial charge in [-0.2, -0.15) is 0 Å². The minimum atomic E-state index is -3.35. The van der Waals surface area contributed by atoms with Crippen LogP contribution in [0.5, 0.6) is 0 Å². The van der Waals surface area contributed by atoms with Gasteiger partial charge in [-0.1, -0.05) is 34.7 Å². The van der Waals surface area contributed by atoms with Crippen molar-refractivity contribution in [1.82, 2.24) is 4.72 Å². The van der Waals surface area contributed by atoms with Gasteiger partial charge in [0.15, 0.2) is 0 Å². The molecule has 0 unspecified atom stereocenters. The molecule has 0 heterocycles. The Morgan fingerprint density at radius 3 is 2.59 bits per heavy atom. The summed E-state index contributed by atoms with van der Waals surface area (Å²) < 4.78 is 27.8. The van der Waals surface area contributed by atoms with Crippen molar-refractivity contribution in [3.63, 3.8) is 0 Å². The molecule has 5 heteroatoms. The number of unbranched alkanes of at least 4 members (excludes halogenated alkanes) is 1. The summed E-state index contributed by atoms with van der Waals surface area (Å²) in [6.45, 7) is 4.23. The zero-order chi connectivity index (χ0) is 12.9. The number of hydrogen-bond acceptors (Lipinski definition) is 2. The maximum atomic E-state index is 12.1. The van der Waals surface area contributed by atoms with Crippen molar-refractivity contribution in [1.29, 1.82) is 0 Å². The second-order valence-electron chi connectivity index (χ2n) is 4.06. The fraction of sp³-hybridized carbons (Fsp3) is 0.500. The average Bonchev–Trinajstić information content (AvgIpc) is 2.28. The topological polar surface area (TPSA) is 46.2 Å². The number of sulfonamides is 1. The molecule has 0 amide bonds. The van der Waals surface area contributed by atoms with Crippen LogP contribution in [0.3, 0.4) is 0 Å². The van der Waals surface area contributed by atoms with Gasteiger partial charge in [-0.25, -0.2) is 13.1 Å². The van der Waals surface area contributed by atoms with Crippen LogP contribution < -0.4 is 4.72 Å². The highest BCUT2D eigenvalue weighted by molar-refractivity contribution is 14.1. The lowest BCUT2D eigenvalue weighted by Crippen LogP contribution is -2.25. The van der Waals surface area contributed by atoms with E-state index in [2.05, 4.69) is 27.3 Å². The van der Waals surface area contributed by atoms with E-state index in [0.29, 0.717) is 11.4 Å². The molecule has 0 aliphatic heterocycles. The van der Waals surface area contributed by atoms with E-state index in [9.17, 15) is 8.42 Å². The highest BCUT2D eigenvalue weighted by Crippen LogP contribution is 2.16. The molecule has 0 atom stereocenters. The molecule has 17 heavy (non-hydrogen) atoms. The molecule has 1 aromatic rings. The van der Waals surface area contributed by atoms with E-state index in [1.807, 2.05) is 26.0 Å². The maximum Gasteiger partial charge on any atom is 0.240 e. The summed E-state index contributed by atoms with van der Waals surface area (Å²) in [6, 6.07) is 5.48. The van der Waals surface area contributed by atoms with Crippen LogP contribution in [0.2, 0.25) is 0 Å². The predicted octanol–water partition coefficient (Wildman–Crippen LogP) is 2.80. The van der Waals surface area contributed by atoms with E-state index >= 15 is 0 Å². The SMILES string of the molecule is Cc1ccc(C)c(S(=O)(=O)NCCCCI)c1. The fourth-order valence-electron chi connectivity index (χ4n) is 1.50. The Morgan fingerprint density at radius 2 is 1.94 bits per heavy atom. The highest BCUT2D eigenvalue weighted by Gasteiger charge is 2.15. The molecule has 0 spiro atoms. The van der Waals surface area contributed by atoms with Crippen molar-refractivity contribution in [3.8, 4) is 0 Å². The van der Waals surface area contributed by atoms with Gasteiger partial charge in [0.2, 0.25) is 10.0 Å². The monoisotopic (exact) mass is 367 g/mol. The Balaban J connectivity index is 2.79. The first-order chi connectivity index (χ1) is 7.97. The van der Waals surface area contributed by atoms with Crippen LogP contribution in [0.25, 0.3) is 0 Å². The smallest absolute Gasteiger partial charge is 0.211 e. The zero-order valence-corrected chi connectivity index (χ0v) is 13.1. The van der Waals surface area contributed by atoms with Crippen LogP contribution in [0, 0.1) is 13.8 Å². The van der Waals surface area contributed by atoms with Gasteiger partial charge in [0, 0.05) is 6.54 Å². The molecule has 0 saturated heterocycles. The standard InChI is InChI=1S/C12H18INO2S/c1-10-5-6-11(2)12(9-10)17(15,16)14-8-4-3-7-13/h5-6,9,14H,3-4,7-8H2,1-2H3. The molecule has 0 aromatic heterocycles. The Bertz CT molecular complexity index is 471. The van der Waals surface area contributed by atoms with Crippen LogP contribution in [0.4, 0.5) is 0 Å². The average molecular weight is 367 g/mol. The lowest BCUT2D eigenvalue weighted by Gasteiger charge is -2.09. The third-order valence-corrected chi connectivity index (χ3v) is 4.85. The van der Waals surface area contributed by atoms with E-state index in [4.69, 9.17) is 0 Å². The second-order valence-corrected chi connectivity index (χ2v) is 6.88. The Kier molecular flexibility index (Phi) is 5.88. The van der Waals surface area contributed by atoms with Crippen molar-refractivity contribution in [2.24, 2.45) is 0 Å². The summed E-state index contributed by atoms with van der Waals surface area (Å²) in [5, 5.41) is 0. The number of hydrogen-bond donors (Lipinski definition) is 1. The number of aryl methyl sites for hydroxylation is 2. The van der Waals surface area contributed by atoms with Gasteiger partial charge in [0.25, 0.3) is 0 Å². The molecule has 96 valence electrons. The molecule has 0 radical (unpaired) electrons. The highest BCUT2D eigenvalue weighted by atomic mass is 127. The van der Waals surface area contributed by atoms with Crippen LogP contribution in [0.1, 0.15) is 24.0 Å². The molecule has 0 saturated carbocycles. The van der Waals surface area contributed by atoms with E-state index < -0.39 is 10.0 Å². The van der Waals surface area contributed by atoms with Crippen molar-refractivity contribution in [3.05, 3.63) is 29.3 Å². The quantitative estimate of drug-likeness (QED) is 0.478. The summed E-state index contributed by atoms with van der Waals surface area (Å²) in [7, 11) is -3.35. The summed E-state index contributed by atoms with van der Waals surface area (Å²) in [4.78, 5) is 0.395. The van der Waals surface area contributed by atoms with Crippen LogP contribution in [-0.4, -0.2) is 19.4 Å². The van der Waals surface area contributed by atoms with Gasteiger partial charge in [-0.05, 0) is 48.3 Å². The molecule has 0 aliphatic carbocycles. The Morgan fingerprint density at radius 1 is 1.24 bits per heavy atom. The summed E-state index contributed by atoms with van der Waals surface area (Å²) in [6.07, 6.45) is 1.92. The lowest BCUT2D eigenvalue weighted by molar-refractivity contribution is 0.578. The molecular weight excluding hydrogens is 349 g/mol. The largest absolute Gasteiger partial charge is 0.240 e. The second kappa shape index (κ2) is 6.70. The minimum absolute atomic E-state index is 0.395. The molecule has 3 nitrogen and oxygen atoms in total. The number of rotatable bonds is 6. The van der Waals surface area contributed by atoms with E-state index in [-0.39, 0.29) is 0 Å². The van der Waals surface area contributed by atoms with Crippen molar-refractivity contribution in [2.45, 2.75) is 31.6 Å². The van der Waals surface area contributed by atoms with Gasteiger partial charge in [0.05, 0.1) is 4.90 Å². The molecule has 0 bridgehead atoms.